The highest BCUT2D eigenvalue weighted by Crippen LogP contribution is 2.37. The molecule has 0 aliphatic carbocycles. The molecule has 1 aromatic heterocycles. The van der Waals surface area contributed by atoms with E-state index in [1.54, 1.807) is 6.20 Å². The molecule has 13 heavy (non-hydrogen) atoms. The first-order valence-electron chi connectivity index (χ1n) is 4.46. The fourth-order valence-corrected chi connectivity index (χ4v) is 3.49. The molecule has 74 valence electrons. The van der Waals surface area contributed by atoms with Crippen LogP contribution in [0.3, 0.4) is 0 Å². The van der Waals surface area contributed by atoms with Gasteiger partial charge in [0.2, 0.25) is 0 Å². The molecule has 0 fully saturated rings. The summed E-state index contributed by atoms with van der Waals surface area (Å²) < 4.78 is 2.15. The van der Waals surface area contributed by atoms with E-state index >= 15 is 0 Å². The van der Waals surface area contributed by atoms with Crippen molar-refractivity contribution in [1.82, 2.24) is 9.22 Å². The van der Waals surface area contributed by atoms with Crippen LogP contribution >= 0.6 is 11.6 Å². The van der Waals surface area contributed by atoms with Gasteiger partial charge in [-0.1, -0.05) is 33.9 Å². The van der Waals surface area contributed by atoms with Gasteiger partial charge in [0.1, 0.15) is 0 Å². The maximum atomic E-state index is 6.02. The second kappa shape index (κ2) is 3.14. The van der Waals surface area contributed by atoms with Gasteiger partial charge in [0, 0.05) is 12.4 Å². The van der Waals surface area contributed by atoms with Crippen LogP contribution in [-0.2, 0) is 0 Å². The Morgan fingerprint density at radius 1 is 1.38 bits per heavy atom. The molecular formula is C9H17ClN2Si. The fraction of sp³-hybridized carbons (Fsp3) is 0.667. The second-order valence-electron chi connectivity index (χ2n) is 4.88. The minimum absolute atomic E-state index is 0.289. The minimum atomic E-state index is -1.55. The van der Waals surface area contributed by atoms with E-state index in [9.17, 15) is 0 Å². The number of nitrogens with zero attached hydrogens (tertiary/aromatic N) is 2. The molecule has 0 saturated carbocycles. The Morgan fingerprint density at radius 3 is 2.23 bits per heavy atom. The van der Waals surface area contributed by atoms with Crippen LogP contribution in [0.5, 0.6) is 0 Å². The minimum Gasteiger partial charge on any atom is -0.349 e. The first-order chi connectivity index (χ1) is 5.77. The van der Waals surface area contributed by atoms with Crippen molar-refractivity contribution in [2.24, 2.45) is 0 Å². The Morgan fingerprint density at radius 2 is 1.92 bits per heavy atom. The summed E-state index contributed by atoms with van der Waals surface area (Å²) in [6.07, 6.45) is 3.75. The van der Waals surface area contributed by atoms with Crippen LogP contribution in [0.2, 0.25) is 23.4 Å². The van der Waals surface area contributed by atoms with Gasteiger partial charge in [-0.25, -0.2) is 4.98 Å². The maximum Gasteiger partial charge on any atom is 0.194 e. The fourth-order valence-electron chi connectivity index (χ4n) is 1.06. The van der Waals surface area contributed by atoms with Crippen LogP contribution in [-0.4, -0.2) is 17.5 Å². The third kappa shape index (κ3) is 1.81. The third-order valence-electron chi connectivity index (χ3n) is 3.03. The summed E-state index contributed by atoms with van der Waals surface area (Å²) in [4.78, 5) is 4.06. The van der Waals surface area contributed by atoms with Crippen molar-refractivity contribution in [2.75, 3.05) is 0 Å². The molecule has 0 bridgehead atoms. The second-order valence-corrected chi connectivity index (χ2v) is 10.3. The van der Waals surface area contributed by atoms with Crippen LogP contribution in [0.1, 0.15) is 20.8 Å². The van der Waals surface area contributed by atoms with Gasteiger partial charge in [0.15, 0.2) is 13.5 Å². The molecule has 2 nitrogen and oxygen atoms in total. The number of hydrogen-bond donors (Lipinski definition) is 0. The summed E-state index contributed by atoms with van der Waals surface area (Å²) in [5.74, 6) is 0. The summed E-state index contributed by atoms with van der Waals surface area (Å²) in [6.45, 7) is 11.4. The average Bonchev–Trinajstić information content (AvgIpc) is 2.32. The monoisotopic (exact) mass is 216 g/mol. The van der Waals surface area contributed by atoms with Gasteiger partial charge >= 0.3 is 0 Å². The Kier molecular flexibility index (Phi) is 2.60. The van der Waals surface area contributed by atoms with Crippen LogP contribution < -0.4 is 0 Å². The smallest absolute Gasteiger partial charge is 0.194 e. The van der Waals surface area contributed by atoms with Gasteiger partial charge in [0.05, 0.1) is 0 Å². The largest absolute Gasteiger partial charge is 0.349 e. The van der Waals surface area contributed by atoms with Gasteiger partial charge in [0.25, 0.3) is 0 Å². The molecule has 0 unspecified atom stereocenters. The maximum absolute atomic E-state index is 6.02. The molecule has 0 aliphatic heterocycles. The van der Waals surface area contributed by atoms with E-state index in [1.807, 2.05) is 6.20 Å². The summed E-state index contributed by atoms with van der Waals surface area (Å²) in [5, 5.41) is 0.906. The van der Waals surface area contributed by atoms with E-state index in [0.29, 0.717) is 5.28 Å². The van der Waals surface area contributed by atoms with Crippen molar-refractivity contribution < 1.29 is 0 Å². The number of aromatic nitrogens is 2. The normalized spacial score (nSPS) is 13.4. The number of rotatable bonds is 1. The van der Waals surface area contributed by atoms with Gasteiger partial charge < -0.3 is 4.23 Å². The predicted octanol–water partition coefficient (Wildman–Crippen LogP) is 3.39. The van der Waals surface area contributed by atoms with Crippen LogP contribution in [0.25, 0.3) is 0 Å². The topological polar surface area (TPSA) is 17.8 Å². The molecule has 0 spiro atoms. The highest BCUT2D eigenvalue weighted by molar-refractivity contribution is 6.79. The van der Waals surface area contributed by atoms with Crippen molar-refractivity contribution in [3.05, 3.63) is 17.7 Å². The Labute approximate surface area is 86.0 Å². The first kappa shape index (κ1) is 10.8. The molecule has 1 aromatic rings. The van der Waals surface area contributed by atoms with Crippen molar-refractivity contribution in [3.63, 3.8) is 0 Å². The highest BCUT2D eigenvalue weighted by Gasteiger charge is 2.38. The molecule has 1 rings (SSSR count). The Balaban J connectivity index is 3.15. The molecule has 4 heteroatoms. The van der Waals surface area contributed by atoms with Crippen molar-refractivity contribution in [1.29, 1.82) is 0 Å². The van der Waals surface area contributed by atoms with Gasteiger partial charge in [-0.15, -0.1) is 0 Å². The van der Waals surface area contributed by atoms with E-state index in [2.05, 4.69) is 43.1 Å². The van der Waals surface area contributed by atoms with Gasteiger partial charge in [-0.05, 0) is 16.6 Å². The quantitative estimate of drug-likeness (QED) is 0.659. The zero-order valence-electron chi connectivity index (χ0n) is 8.93. The predicted molar refractivity (Wildman–Crippen MR) is 59.8 cm³/mol. The standard InChI is InChI=1S/C9H17ClN2Si/c1-9(2,3)13(4,5)12-7-6-11-8(12)10/h6-7H,1-5H3. The Bertz CT molecular complexity index is 299. The summed E-state index contributed by atoms with van der Waals surface area (Å²) in [7, 11) is -1.55. The van der Waals surface area contributed by atoms with E-state index in [-0.39, 0.29) is 5.04 Å². The lowest BCUT2D eigenvalue weighted by Crippen LogP contribution is -2.45. The highest BCUT2D eigenvalue weighted by atomic mass is 35.5. The van der Waals surface area contributed by atoms with Crippen LogP contribution in [0, 0.1) is 0 Å². The van der Waals surface area contributed by atoms with Gasteiger partial charge in [-0.3, -0.25) is 0 Å². The Hall–Kier alpha value is -0.283. The van der Waals surface area contributed by atoms with Crippen molar-refractivity contribution in [2.45, 2.75) is 38.9 Å². The van der Waals surface area contributed by atoms with Crippen LogP contribution in [0.15, 0.2) is 12.4 Å². The third-order valence-corrected chi connectivity index (χ3v) is 8.69. The first-order valence-corrected chi connectivity index (χ1v) is 7.78. The molecule has 0 atom stereocenters. The number of hydrogen-bond acceptors (Lipinski definition) is 1. The molecule has 0 aromatic carbocycles. The van der Waals surface area contributed by atoms with Gasteiger partial charge in [-0.2, -0.15) is 0 Å². The van der Waals surface area contributed by atoms with Crippen molar-refractivity contribution in [3.8, 4) is 0 Å². The van der Waals surface area contributed by atoms with E-state index < -0.39 is 8.24 Å². The molecular weight excluding hydrogens is 200 g/mol. The van der Waals surface area contributed by atoms with E-state index in [4.69, 9.17) is 11.6 Å². The molecule has 0 saturated heterocycles. The summed E-state index contributed by atoms with van der Waals surface area (Å²) in [5.41, 5.74) is 0. The lowest BCUT2D eigenvalue weighted by atomic mass is 10.2. The molecule has 0 N–H and O–H groups in total. The lowest BCUT2D eigenvalue weighted by Gasteiger charge is -2.37. The summed E-state index contributed by atoms with van der Waals surface area (Å²) >= 11 is 6.02. The average molecular weight is 217 g/mol. The molecule has 1 heterocycles. The van der Waals surface area contributed by atoms with E-state index in [1.165, 1.54) is 0 Å². The zero-order valence-corrected chi connectivity index (χ0v) is 10.7. The molecule has 0 aliphatic rings. The molecule has 0 radical (unpaired) electrons. The lowest BCUT2D eigenvalue weighted by molar-refractivity contribution is 0.699. The molecule has 0 amide bonds. The number of imidazole rings is 1. The van der Waals surface area contributed by atoms with Crippen LogP contribution in [0.4, 0.5) is 0 Å². The van der Waals surface area contributed by atoms with E-state index in [0.717, 1.165) is 0 Å². The van der Waals surface area contributed by atoms with Crippen molar-refractivity contribution >= 4 is 19.8 Å². The number of halogens is 1. The zero-order chi connectivity index (χ0) is 10.3. The SMILES string of the molecule is CC(C)(C)[Si](C)(C)n1ccnc1Cl. The summed E-state index contributed by atoms with van der Waals surface area (Å²) in [6, 6.07) is 0.